The molecule has 2 aromatic carbocycles. The molecule has 10 heteroatoms. The van der Waals surface area contributed by atoms with Crippen LogP contribution in [0.25, 0.3) is 0 Å². The number of nitro benzene ring substituents is 1. The summed E-state index contributed by atoms with van der Waals surface area (Å²) in [5.41, 5.74) is 1.66. The zero-order chi connectivity index (χ0) is 22.6. The lowest BCUT2D eigenvalue weighted by atomic mass is 10.2. The van der Waals surface area contributed by atoms with Gasteiger partial charge in [0.25, 0.3) is 5.69 Å². The number of thioether (sulfide) groups is 1. The number of anilines is 1. The van der Waals surface area contributed by atoms with E-state index in [1.54, 1.807) is 24.5 Å². The third-order valence-electron chi connectivity index (χ3n) is 5.28. The number of sulfonamides is 1. The van der Waals surface area contributed by atoms with E-state index in [2.05, 4.69) is 4.90 Å². The van der Waals surface area contributed by atoms with Crippen molar-refractivity contribution in [3.8, 4) is 0 Å². The molecule has 1 aromatic heterocycles. The smallest absolute Gasteiger partial charge is 0.283 e. The number of benzene rings is 2. The summed E-state index contributed by atoms with van der Waals surface area (Å²) in [6.45, 7) is 1.80. The van der Waals surface area contributed by atoms with Crippen LogP contribution in [0.1, 0.15) is 11.3 Å². The van der Waals surface area contributed by atoms with E-state index in [-0.39, 0.29) is 16.4 Å². The quantitative estimate of drug-likeness (QED) is 0.276. The molecule has 168 valence electrons. The Morgan fingerprint density at radius 1 is 1.00 bits per heavy atom. The summed E-state index contributed by atoms with van der Waals surface area (Å²) in [5, 5.41) is 11.5. The van der Waals surface area contributed by atoms with Crippen LogP contribution in [0.2, 0.25) is 0 Å². The average Bonchev–Trinajstić information content (AvgIpc) is 3.32. The monoisotopic (exact) mass is 473 g/mol. The van der Waals surface area contributed by atoms with Gasteiger partial charge in [-0.05, 0) is 29.8 Å². The second-order valence-electron chi connectivity index (χ2n) is 7.41. The molecule has 0 amide bonds. The zero-order valence-electron chi connectivity index (χ0n) is 17.3. The lowest BCUT2D eigenvalue weighted by molar-refractivity contribution is -0.387. The van der Waals surface area contributed by atoms with Crippen LogP contribution in [0.4, 0.5) is 11.4 Å². The topological polar surface area (TPSA) is 96.9 Å². The standard InChI is InChI=1S/C22H23N3O5S2/c26-25(27)21-9-8-19(15-22(21)31-16-20-7-4-14-30-20)23-10-12-24(13-11-23)32(28,29)17-18-5-2-1-3-6-18/h1-9,14-15H,10-13,16-17H2. The molecule has 0 atom stereocenters. The van der Waals surface area contributed by atoms with Gasteiger partial charge in [0.15, 0.2) is 0 Å². The first kappa shape index (κ1) is 22.4. The predicted octanol–water partition coefficient (Wildman–Crippen LogP) is 4.13. The average molecular weight is 474 g/mol. The lowest BCUT2D eigenvalue weighted by Gasteiger charge is -2.35. The van der Waals surface area contributed by atoms with Gasteiger partial charge in [-0.2, -0.15) is 4.31 Å². The van der Waals surface area contributed by atoms with E-state index in [9.17, 15) is 18.5 Å². The van der Waals surface area contributed by atoms with Gasteiger partial charge in [0, 0.05) is 37.9 Å². The molecule has 0 unspecified atom stereocenters. The molecule has 0 spiro atoms. The largest absolute Gasteiger partial charge is 0.468 e. The van der Waals surface area contributed by atoms with E-state index >= 15 is 0 Å². The van der Waals surface area contributed by atoms with E-state index in [1.807, 2.05) is 36.4 Å². The van der Waals surface area contributed by atoms with Crippen molar-refractivity contribution >= 4 is 33.2 Å². The normalized spacial score (nSPS) is 15.1. The van der Waals surface area contributed by atoms with Crippen molar-refractivity contribution in [2.45, 2.75) is 16.4 Å². The van der Waals surface area contributed by atoms with Crippen LogP contribution >= 0.6 is 11.8 Å². The van der Waals surface area contributed by atoms with Crippen molar-refractivity contribution in [3.63, 3.8) is 0 Å². The number of hydrogen-bond donors (Lipinski definition) is 0. The van der Waals surface area contributed by atoms with Crippen LogP contribution in [0, 0.1) is 10.1 Å². The predicted molar refractivity (Wildman–Crippen MR) is 124 cm³/mol. The molecule has 4 rings (SSSR count). The van der Waals surface area contributed by atoms with Crippen LogP contribution in [0.3, 0.4) is 0 Å². The summed E-state index contributed by atoms with van der Waals surface area (Å²) in [5.74, 6) is 1.22. The zero-order valence-corrected chi connectivity index (χ0v) is 18.9. The maximum atomic E-state index is 12.8. The minimum atomic E-state index is -3.40. The summed E-state index contributed by atoms with van der Waals surface area (Å²) in [4.78, 5) is 13.7. The van der Waals surface area contributed by atoms with Gasteiger partial charge in [0.2, 0.25) is 10.0 Å². The first-order valence-electron chi connectivity index (χ1n) is 10.1. The minimum Gasteiger partial charge on any atom is -0.468 e. The molecular weight excluding hydrogens is 450 g/mol. The molecule has 0 saturated carbocycles. The molecule has 2 heterocycles. The third-order valence-corrected chi connectivity index (χ3v) is 8.20. The fourth-order valence-electron chi connectivity index (χ4n) is 3.61. The molecule has 1 aliphatic heterocycles. The Hall–Kier alpha value is -2.82. The van der Waals surface area contributed by atoms with Crippen molar-refractivity contribution in [2.75, 3.05) is 31.1 Å². The van der Waals surface area contributed by atoms with Crippen LogP contribution in [-0.2, 0) is 21.5 Å². The highest BCUT2D eigenvalue weighted by Gasteiger charge is 2.28. The van der Waals surface area contributed by atoms with E-state index in [1.165, 1.54) is 22.1 Å². The van der Waals surface area contributed by atoms with Crippen molar-refractivity contribution in [1.29, 1.82) is 0 Å². The van der Waals surface area contributed by atoms with Gasteiger partial charge in [0.1, 0.15) is 5.76 Å². The van der Waals surface area contributed by atoms with Gasteiger partial charge < -0.3 is 9.32 Å². The number of nitrogens with zero attached hydrogens (tertiary/aromatic N) is 3. The molecule has 1 aliphatic rings. The Bertz CT molecular complexity index is 1160. The van der Waals surface area contributed by atoms with Crippen molar-refractivity contribution in [3.05, 3.63) is 88.4 Å². The van der Waals surface area contributed by atoms with Gasteiger partial charge in [0.05, 0.1) is 27.6 Å². The van der Waals surface area contributed by atoms with E-state index in [0.29, 0.717) is 36.8 Å². The minimum absolute atomic E-state index is 0.0149. The second-order valence-corrected chi connectivity index (χ2v) is 10.4. The summed E-state index contributed by atoms with van der Waals surface area (Å²) >= 11 is 1.35. The Morgan fingerprint density at radius 2 is 1.75 bits per heavy atom. The Labute approximate surface area is 191 Å². The van der Waals surface area contributed by atoms with Crippen LogP contribution < -0.4 is 4.90 Å². The lowest BCUT2D eigenvalue weighted by Crippen LogP contribution is -2.49. The van der Waals surface area contributed by atoms with Crippen molar-refractivity contribution < 1.29 is 17.8 Å². The van der Waals surface area contributed by atoms with Gasteiger partial charge in [-0.15, -0.1) is 11.8 Å². The molecule has 1 saturated heterocycles. The molecule has 0 radical (unpaired) electrons. The number of piperazine rings is 1. The summed E-state index contributed by atoms with van der Waals surface area (Å²) in [7, 11) is -3.40. The van der Waals surface area contributed by atoms with E-state index in [0.717, 1.165) is 17.0 Å². The van der Waals surface area contributed by atoms with Crippen molar-refractivity contribution in [1.82, 2.24) is 4.31 Å². The maximum Gasteiger partial charge on any atom is 0.283 e. The molecule has 0 bridgehead atoms. The molecule has 32 heavy (non-hydrogen) atoms. The van der Waals surface area contributed by atoms with Gasteiger partial charge in [-0.1, -0.05) is 30.3 Å². The van der Waals surface area contributed by atoms with E-state index < -0.39 is 10.0 Å². The van der Waals surface area contributed by atoms with Crippen LogP contribution in [0.5, 0.6) is 0 Å². The molecule has 0 N–H and O–H groups in total. The molecule has 0 aliphatic carbocycles. The molecule has 8 nitrogen and oxygen atoms in total. The highest BCUT2D eigenvalue weighted by molar-refractivity contribution is 7.98. The Balaban J connectivity index is 1.43. The first-order chi connectivity index (χ1) is 15.4. The van der Waals surface area contributed by atoms with Crippen LogP contribution in [-0.4, -0.2) is 43.8 Å². The highest BCUT2D eigenvalue weighted by atomic mass is 32.2. The fraction of sp³-hybridized carbons (Fsp3) is 0.273. The summed E-state index contributed by atoms with van der Waals surface area (Å²) in [6.07, 6.45) is 1.58. The number of nitro groups is 1. The molecular formula is C22H23N3O5S2. The van der Waals surface area contributed by atoms with Gasteiger partial charge >= 0.3 is 0 Å². The highest BCUT2D eigenvalue weighted by Crippen LogP contribution is 2.35. The fourth-order valence-corrected chi connectivity index (χ4v) is 6.08. The van der Waals surface area contributed by atoms with Crippen LogP contribution in [0.15, 0.2) is 76.2 Å². The molecule has 1 fully saturated rings. The number of hydrogen-bond acceptors (Lipinski definition) is 7. The third kappa shape index (κ3) is 5.32. The second kappa shape index (κ2) is 9.76. The first-order valence-corrected chi connectivity index (χ1v) is 12.7. The van der Waals surface area contributed by atoms with Gasteiger partial charge in [-0.25, -0.2) is 8.42 Å². The Morgan fingerprint density at radius 3 is 2.41 bits per heavy atom. The Kier molecular flexibility index (Phi) is 6.83. The van der Waals surface area contributed by atoms with E-state index in [4.69, 9.17) is 4.42 Å². The number of rotatable bonds is 8. The summed E-state index contributed by atoms with van der Waals surface area (Å²) < 4.78 is 32.4. The maximum absolute atomic E-state index is 12.8. The summed E-state index contributed by atoms with van der Waals surface area (Å²) in [6, 6.07) is 17.8. The SMILES string of the molecule is O=[N+]([O-])c1ccc(N2CCN(S(=O)(=O)Cc3ccccc3)CC2)cc1SCc1ccco1. The van der Waals surface area contributed by atoms with Crippen molar-refractivity contribution in [2.24, 2.45) is 0 Å². The number of furan rings is 1. The van der Waals surface area contributed by atoms with Gasteiger partial charge in [-0.3, -0.25) is 10.1 Å². The molecule has 3 aromatic rings.